The largest absolute Gasteiger partial charge is 0.388 e. The van der Waals surface area contributed by atoms with Gasteiger partial charge in [-0.2, -0.15) is 0 Å². The zero-order chi connectivity index (χ0) is 18.7. The summed E-state index contributed by atoms with van der Waals surface area (Å²) in [5.74, 6) is 0.188. The summed E-state index contributed by atoms with van der Waals surface area (Å²) in [6.45, 7) is 10.0. The molecule has 0 amide bonds. The number of benzene rings is 2. The van der Waals surface area contributed by atoms with Gasteiger partial charge in [0.15, 0.2) is 7.14 Å². The van der Waals surface area contributed by atoms with Crippen LogP contribution in [0.4, 0.5) is 0 Å². The van der Waals surface area contributed by atoms with E-state index in [-0.39, 0.29) is 5.92 Å². The summed E-state index contributed by atoms with van der Waals surface area (Å²) in [7, 11) is -3.13. The van der Waals surface area contributed by atoms with E-state index < -0.39 is 18.7 Å². The van der Waals surface area contributed by atoms with Crippen molar-refractivity contribution in [1.29, 1.82) is 0 Å². The van der Waals surface area contributed by atoms with Crippen LogP contribution < -0.4 is 10.6 Å². The Hall–Kier alpha value is -1.63. The minimum absolute atomic E-state index is 0.188. The lowest BCUT2D eigenvalue weighted by atomic mass is 9.88. The van der Waals surface area contributed by atoms with Gasteiger partial charge in [-0.3, -0.25) is 0 Å². The lowest BCUT2D eigenvalue weighted by Crippen LogP contribution is -2.32. The van der Waals surface area contributed by atoms with E-state index in [1.165, 1.54) is 0 Å². The van der Waals surface area contributed by atoms with Gasteiger partial charge in [0.1, 0.15) is 0 Å². The van der Waals surface area contributed by atoms with E-state index in [1.54, 1.807) is 0 Å². The molecule has 134 valence electrons. The molecular weight excluding hydrogens is 327 g/mol. The van der Waals surface area contributed by atoms with E-state index in [2.05, 4.69) is 13.8 Å². The summed E-state index contributed by atoms with van der Waals surface area (Å²) in [6.07, 6.45) is 1.19. The average Bonchev–Trinajstić information content (AvgIpc) is 2.59. The van der Waals surface area contributed by atoms with E-state index in [0.29, 0.717) is 5.31 Å². The highest BCUT2D eigenvalue weighted by atomic mass is 31.2. The van der Waals surface area contributed by atoms with Crippen molar-refractivity contribution in [3.63, 3.8) is 0 Å². The molecule has 2 aromatic carbocycles. The van der Waals surface area contributed by atoms with Crippen LogP contribution in [-0.2, 0) is 4.57 Å². The molecule has 3 heteroatoms. The van der Waals surface area contributed by atoms with Crippen molar-refractivity contribution in [2.45, 2.75) is 40.7 Å². The second-order valence-electron chi connectivity index (χ2n) is 7.88. The number of rotatable bonds is 5. The Morgan fingerprint density at radius 3 is 1.64 bits per heavy atom. The molecule has 0 bridgehead atoms. The van der Waals surface area contributed by atoms with Gasteiger partial charge >= 0.3 is 0 Å². The summed E-state index contributed by atoms with van der Waals surface area (Å²) in [5, 5.41) is 13.3. The second kappa shape index (κ2) is 7.72. The van der Waals surface area contributed by atoms with Crippen molar-refractivity contribution >= 4 is 17.8 Å². The summed E-state index contributed by atoms with van der Waals surface area (Å²) in [6, 6.07) is 19.1. The zero-order valence-electron chi connectivity index (χ0n) is 15.8. The van der Waals surface area contributed by atoms with Gasteiger partial charge in [0.05, 0.1) is 6.10 Å². The molecule has 0 spiro atoms. The number of allylic oxidation sites excluding steroid dienone is 1. The van der Waals surface area contributed by atoms with Crippen LogP contribution in [-0.4, -0.2) is 11.2 Å². The molecule has 0 aliphatic carbocycles. The molecule has 0 saturated carbocycles. The van der Waals surface area contributed by atoms with Gasteiger partial charge in [0, 0.05) is 15.9 Å². The van der Waals surface area contributed by atoms with E-state index in [9.17, 15) is 9.67 Å². The summed E-state index contributed by atoms with van der Waals surface area (Å²) >= 11 is 0. The molecule has 1 unspecified atom stereocenters. The van der Waals surface area contributed by atoms with Crippen molar-refractivity contribution in [3.05, 3.63) is 72.1 Å². The highest BCUT2D eigenvalue weighted by Crippen LogP contribution is 2.55. The quantitative estimate of drug-likeness (QED) is 0.770. The first-order valence-electron chi connectivity index (χ1n) is 8.79. The summed E-state index contributed by atoms with van der Waals surface area (Å²) < 4.78 is 14.5. The second-order valence-corrected chi connectivity index (χ2v) is 10.7. The predicted octanol–water partition coefficient (Wildman–Crippen LogP) is 4.95. The van der Waals surface area contributed by atoms with Crippen molar-refractivity contribution in [2.75, 3.05) is 0 Å². The first-order valence-corrected chi connectivity index (χ1v) is 10.5. The Morgan fingerprint density at radius 1 is 0.920 bits per heavy atom. The molecule has 0 saturated heterocycles. The van der Waals surface area contributed by atoms with Crippen LogP contribution in [0.3, 0.4) is 0 Å². The monoisotopic (exact) mass is 356 g/mol. The molecule has 2 rings (SSSR count). The molecule has 0 radical (unpaired) electrons. The third-order valence-electron chi connectivity index (χ3n) is 4.21. The van der Waals surface area contributed by atoms with Crippen LogP contribution >= 0.6 is 7.14 Å². The lowest BCUT2D eigenvalue weighted by molar-refractivity contribution is 0.101. The average molecular weight is 356 g/mol. The van der Waals surface area contributed by atoms with Gasteiger partial charge in [-0.15, -0.1) is 0 Å². The van der Waals surface area contributed by atoms with Crippen molar-refractivity contribution in [2.24, 2.45) is 11.3 Å². The zero-order valence-corrected chi connectivity index (χ0v) is 16.7. The first-order chi connectivity index (χ1) is 11.7. The van der Waals surface area contributed by atoms with Crippen LogP contribution in [0, 0.1) is 11.3 Å². The van der Waals surface area contributed by atoms with Gasteiger partial charge in [0.25, 0.3) is 0 Å². The van der Waals surface area contributed by atoms with Gasteiger partial charge < -0.3 is 9.67 Å². The molecule has 1 N–H and O–H groups in total. The van der Waals surface area contributed by atoms with Crippen LogP contribution in [0.25, 0.3) is 0 Å². The molecule has 0 aliphatic rings. The number of hydrogen-bond acceptors (Lipinski definition) is 2. The van der Waals surface area contributed by atoms with E-state index >= 15 is 0 Å². The van der Waals surface area contributed by atoms with Gasteiger partial charge in [-0.05, 0) is 11.3 Å². The number of aliphatic hydroxyl groups excluding tert-OH is 1. The number of aliphatic hydroxyl groups is 1. The molecular formula is C22H29O2P. The highest BCUT2D eigenvalue weighted by molar-refractivity contribution is 7.82. The van der Waals surface area contributed by atoms with E-state index in [4.69, 9.17) is 0 Å². The molecule has 0 aliphatic heterocycles. The fourth-order valence-corrected chi connectivity index (χ4v) is 6.19. The molecule has 1 atom stereocenters. The van der Waals surface area contributed by atoms with Crippen LogP contribution in [0.1, 0.15) is 34.6 Å². The van der Waals surface area contributed by atoms with Gasteiger partial charge in [0.2, 0.25) is 0 Å². The molecule has 2 nitrogen and oxygen atoms in total. The first kappa shape index (κ1) is 19.7. The van der Waals surface area contributed by atoms with Crippen molar-refractivity contribution < 1.29 is 9.67 Å². The van der Waals surface area contributed by atoms with Gasteiger partial charge in [-0.1, -0.05) is 101 Å². The Labute approximate surface area is 152 Å². The molecule has 2 aromatic rings. The Morgan fingerprint density at radius 2 is 1.32 bits per heavy atom. The molecule has 0 fully saturated rings. The van der Waals surface area contributed by atoms with E-state index in [1.807, 2.05) is 87.5 Å². The Balaban J connectivity index is 2.79. The maximum Gasteiger partial charge on any atom is 0.169 e. The third-order valence-corrected chi connectivity index (χ3v) is 7.38. The summed E-state index contributed by atoms with van der Waals surface area (Å²) in [4.78, 5) is 0. The van der Waals surface area contributed by atoms with Crippen molar-refractivity contribution in [3.8, 4) is 0 Å². The van der Waals surface area contributed by atoms with Crippen LogP contribution in [0.5, 0.6) is 0 Å². The molecule has 0 heterocycles. The highest BCUT2D eigenvalue weighted by Gasteiger charge is 2.39. The summed E-state index contributed by atoms with van der Waals surface area (Å²) in [5.41, 5.74) is -0.403. The Kier molecular flexibility index (Phi) is 6.08. The van der Waals surface area contributed by atoms with Crippen molar-refractivity contribution in [1.82, 2.24) is 0 Å². The fraction of sp³-hybridized carbons (Fsp3) is 0.364. The van der Waals surface area contributed by atoms with Gasteiger partial charge in [-0.25, -0.2) is 0 Å². The maximum absolute atomic E-state index is 14.5. The molecule has 0 aromatic heterocycles. The minimum atomic E-state index is -3.13. The normalized spacial score (nSPS) is 14.6. The molecule has 25 heavy (non-hydrogen) atoms. The van der Waals surface area contributed by atoms with Crippen LogP contribution in [0.2, 0.25) is 0 Å². The topological polar surface area (TPSA) is 37.3 Å². The van der Waals surface area contributed by atoms with Crippen LogP contribution in [0.15, 0.2) is 72.1 Å². The number of hydrogen-bond donors (Lipinski definition) is 1. The lowest BCUT2D eigenvalue weighted by Gasteiger charge is -2.33. The van der Waals surface area contributed by atoms with E-state index in [0.717, 1.165) is 10.6 Å². The SMILES string of the molecule is CC(C)/C=C(\C(O)C(C)(C)C)P(=O)(c1ccccc1)c1ccccc1. The fourth-order valence-electron chi connectivity index (χ4n) is 2.88. The minimum Gasteiger partial charge on any atom is -0.388 e. The third kappa shape index (κ3) is 4.32. The standard InChI is InChI=1S/C22H29O2P/c1-17(2)16-20(21(23)22(3,4)5)25(24,18-12-8-6-9-13-18)19-14-10-7-11-15-19/h6-17,21,23H,1-5H3/b20-16+. The Bertz CT molecular complexity index is 712. The predicted molar refractivity (Wildman–Crippen MR) is 108 cm³/mol. The maximum atomic E-state index is 14.5. The smallest absolute Gasteiger partial charge is 0.169 e.